The molecule has 1 aromatic rings. The fourth-order valence-corrected chi connectivity index (χ4v) is 1.68. The molecule has 0 aliphatic carbocycles. The normalized spacial score (nSPS) is 12.1. The van der Waals surface area contributed by atoms with E-state index >= 15 is 0 Å². The maximum atomic E-state index is 12.1. The van der Waals surface area contributed by atoms with Crippen LogP contribution in [0, 0.1) is 0 Å². The summed E-state index contributed by atoms with van der Waals surface area (Å²) in [4.78, 5) is 24.6. The summed E-state index contributed by atoms with van der Waals surface area (Å²) in [6, 6.07) is 5.04. The van der Waals surface area contributed by atoms with Gasteiger partial charge in [0, 0.05) is 13.6 Å². The molecule has 0 aliphatic rings. The van der Waals surface area contributed by atoms with Crippen molar-refractivity contribution in [1.82, 2.24) is 15.5 Å². The van der Waals surface area contributed by atoms with Crippen molar-refractivity contribution in [2.75, 3.05) is 14.1 Å². The minimum atomic E-state index is -2.86. The van der Waals surface area contributed by atoms with E-state index < -0.39 is 24.6 Å². The average molecular weight is 315 g/mol. The van der Waals surface area contributed by atoms with Gasteiger partial charge in [0.2, 0.25) is 5.91 Å². The van der Waals surface area contributed by atoms with Crippen LogP contribution in [0.5, 0.6) is 5.75 Å². The summed E-state index contributed by atoms with van der Waals surface area (Å²) in [6.07, 6.45) is 0. The van der Waals surface area contributed by atoms with Gasteiger partial charge < -0.3 is 10.1 Å². The number of hydrogen-bond acceptors (Lipinski definition) is 4. The predicted octanol–water partition coefficient (Wildman–Crippen LogP) is 1.56. The number of rotatable bonds is 6. The van der Waals surface area contributed by atoms with Crippen molar-refractivity contribution in [2.24, 2.45) is 0 Å². The molecule has 3 amide bonds. The Kier molecular flexibility index (Phi) is 6.71. The Balaban J connectivity index is 2.58. The molecule has 6 nitrogen and oxygen atoms in total. The minimum Gasteiger partial charge on any atom is -0.435 e. The molecular formula is C14H19F2N3O3. The van der Waals surface area contributed by atoms with Crippen LogP contribution in [0.1, 0.15) is 12.5 Å². The van der Waals surface area contributed by atoms with Crippen molar-refractivity contribution >= 4 is 11.9 Å². The number of nitrogens with one attached hydrogen (secondary N) is 2. The largest absolute Gasteiger partial charge is 0.435 e. The molecule has 0 aliphatic heterocycles. The maximum absolute atomic E-state index is 12.1. The van der Waals surface area contributed by atoms with Gasteiger partial charge >= 0.3 is 12.6 Å². The highest BCUT2D eigenvalue weighted by atomic mass is 19.3. The molecular weight excluding hydrogens is 296 g/mol. The molecule has 0 fully saturated rings. The lowest BCUT2D eigenvalue weighted by Crippen LogP contribution is -2.47. The Hall–Kier alpha value is -2.22. The number of amides is 3. The number of likely N-dealkylation sites (N-methyl/N-ethyl adjacent to an activating group) is 1. The van der Waals surface area contributed by atoms with Gasteiger partial charge in [-0.1, -0.05) is 12.1 Å². The van der Waals surface area contributed by atoms with E-state index in [0.29, 0.717) is 6.54 Å². The van der Waals surface area contributed by atoms with Crippen molar-refractivity contribution in [1.29, 1.82) is 0 Å². The number of ether oxygens (including phenoxy) is 1. The molecule has 8 heteroatoms. The topological polar surface area (TPSA) is 70.7 Å². The zero-order valence-corrected chi connectivity index (χ0v) is 12.6. The fourth-order valence-electron chi connectivity index (χ4n) is 1.68. The van der Waals surface area contributed by atoms with Crippen LogP contribution in [0.25, 0.3) is 0 Å². The summed E-state index contributed by atoms with van der Waals surface area (Å²) < 4.78 is 28.4. The van der Waals surface area contributed by atoms with Crippen LogP contribution < -0.4 is 15.4 Å². The van der Waals surface area contributed by atoms with Crippen LogP contribution in [0.2, 0.25) is 0 Å². The highest BCUT2D eigenvalue weighted by Gasteiger charge is 2.19. The highest BCUT2D eigenvalue weighted by Crippen LogP contribution is 2.16. The second-order valence-electron chi connectivity index (χ2n) is 4.68. The van der Waals surface area contributed by atoms with Gasteiger partial charge in [-0.15, -0.1) is 0 Å². The van der Waals surface area contributed by atoms with Crippen molar-refractivity contribution in [3.63, 3.8) is 0 Å². The van der Waals surface area contributed by atoms with Crippen LogP contribution in [0.3, 0.4) is 0 Å². The number of carbonyl (C=O) groups excluding carboxylic acids is 2. The number of nitrogens with zero attached hydrogens (tertiary/aromatic N) is 1. The molecule has 0 saturated heterocycles. The molecule has 1 atom stereocenters. The van der Waals surface area contributed by atoms with Gasteiger partial charge in [-0.3, -0.25) is 15.0 Å². The van der Waals surface area contributed by atoms with E-state index in [9.17, 15) is 18.4 Å². The lowest BCUT2D eigenvalue weighted by atomic mass is 10.2. The van der Waals surface area contributed by atoms with E-state index in [4.69, 9.17) is 0 Å². The molecule has 0 radical (unpaired) electrons. The Labute approximate surface area is 127 Å². The molecule has 0 saturated carbocycles. The molecule has 0 aromatic heterocycles. The first-order valence-electron chi connectivity index (χ1n) is 6.60. The number of imide groups is 1. The molecule has 1 rings (SSSR count). The SMILES string of the molecule is CNC(=O)NC(=O)[C@@H](C)N(C)Cc1ccc(OC(F)F)cc1. The highest BCUT2D eigenvalue weighted by molar-refractivity contribution is 5.96. The third-order valence-electron chi connectivity index (χ3n) is 3.08. The Morgan fingerprint density at radius 1 is 1.27 bits per heavy atom. The van der Waals surface area contributed by atoms with Crippen molar-refractivity contribution in [3.05, 3.63) is 29.8 Å². The van der Waals surface area contributed by atoms with E-state index in [0.717, 1.165) is 5.56 Å². The minimum absolute atomic E-state index is 0.0758. The van der Waals surface area contributed by atoms with Gasteiger partial charge in [0.15, 0.2) is 0 Å². The maximum Gasteiger partial charge on any atom is 0.387 e. The number of urea groups is 1. The van der Waals surface area contributed by atoms with E-state index in [1.807, 2.05) is 0 Å². The van der Waals surface area contributed by atoms with E-state index in [1.54, 1.807) is 31.0 Å². The lowest BCUT2D eigenvalue weighted by molar-refractivity contribution is -0.124. The smallest absolute Gasteiger partial charge is 0.387 e. The summed E-state index contributed by atoms with van der Waals surface area (Å²) in [5, 5.41) is 4.49. The first kappa shape index (κ1) is 17.8. The Morgan fingerprint density at radius 2 is 1.86 bits per heavy atom. The zero-order valence-electron chi connectivity index (χ0n) is 12.6. The van der Waals surface area contributed by atoms with Crippen LogP contribution in [-0.2, 0) is 11.3 Å². The standard InChI is InChI=1S/C14H19F2N3O3/c1-9(12(20)18-14(21)17-2)19(3)8-10-4-6-11(7-5-10)22-13(15)16/h4-7,9,13H,8H2,1-3H3,(H2,17,18,20,21)/t9-/m1/s1. The van der Waals surface area contributed by atoms with E-state index in [-0.39, 0.29) is 5.75 Å². The summed E-state index contributed by atoms with van der Waals surface area (Å²) in [6.45, 7) is -0.786. The van der Waals surface area contributed by atoms with Gasteiger partial charge in [-0.2, -0.15) is 8.78 Å². The lowest BCUT2D eigenvalue weighted by Gasteiger charge is -2.23. The Morgan fingerprint density at radius 3 is 2.36 bits per heavy atom. The van der Waals surface area contributed by atoms with Gasteiger partial charge in [-0.25, -0.2) is 4.79 Å². The summed E-state index contributed by atoms with van der Waals surface area (Å²) >= 11 is 0. The zero-order chi connectivity index (χ0) is 16.7. The second kappa shape index (κ2) is 8.28. The first-order chi connectivity index (χ1) is 10.3. The number of benzene rings is 1. The molecule has 22 heavy (non-hydrogen) atoms. The van der Waals surface area contributed by atoms with E-state index in [2.05, 4.69) is 15.4 Å². The van der Waals surface area contributed by atoms with Gasteiger partial charge in [0.1, 0.15) is 5.75 Å². The second-order valence-corrected chi connectivity index (χ2v) is 4.68. The number of carbonyl (C=O) groups is 2. The summed E-state index contributed by atoms with van der Waals surface area (Å²) in [5.41, 5.74) is 0.823. The molecule has 0 heterocycles. The van der Waals surface area contributed by atoms with Crippen LogP contribution in [0.15, 0.2) is 24.3 Å². The average Bonchev–Trinajstić information content (AvgIpc) is 2.47. The molecule has 0 unspecified atom stereocenters. The quantitative estimate of drug-likeness (QED) is 0.836. The molecule has 0 bridgehead atoms. The van der Waals surface area contributed by atoms with Gasteiger partial charge in [0.25, 0.3) is 0 Å². The number of hydrogen-bond donors (Lipinski definition) is 2. The van der Waals surface area contributed by atoms with Crippen molar-refractivity contribution in [2.45, 2.75) is 26.1 Å². The van der Waals surface area contributed by atoms with Crippen LogP contribution in [0.4, 0.5) is 13.6 Å². The summed E-state index contributed by atoms with van der Waals surface area (Å²) in [5.74, 6) is -0.355. The fraction of sp³-hybridized carbons (Fsp3) is 0.429. The third-order valence-corrected chi connectivity index (χ3v) is 3.08. The van der Waals surface area contributed by atoms with Crippen molar-refractivity contribution < 1.29 is 23.1 Å². The molecule has 0 spiro atoms. The molecule has 2 N–H and O–H groups in total. The summed E-state index contributed by atoms with van der Waals surface area (Å²) in [7, 11) is 3.14. The van der Waals surface area contributed by atoms with Gasteiger partial charge in [0.05, 0.1) is 6.04 Å². The molecule has 1 aromatic carbocycles. The number of halogens is 2. The predicted molar refractivity (Wildman–Crippen MR) is 76.6 cm³/mol. The van der Waals surface area contributed by atoms with Crippen LogP contribution in [-0.4, -0.2) is 43.6 Å². The third kappa shape index (κ3) is 5.65. The van der Waals surface area contributed by atoms with Gasteiger partial charge in [-0.05, 0) is 31.7 Å². The van der Waals surface area contributed by atoms with Crippen LogP contribution >= 0.6 is 0 Å². The van der Waals surface area contributed by atoms with E-state index in [1.165, 1.54) is 19.2 Å². The first-order valence-corrected chi connectivity index (χ1v) is 6.60. The number of alkyl halides is 2. The van der Waals surface area contributed by atoms with Crippen molar-refractivity contribution in [3.8, 4) is 5.75 Å². The monoisotopic (exact) mass is 315 g/mol. The molecule has 122 valence electrons. The Bertz CT molecular complexity index is 509.